The first-order valence-corrected chi connectivity index (χ1v) is 9.68. The number of quaternary nitrogens is 2. The van der Waals surface area contributed by atoms with E-state index in [1.54, 1.807) is 0 Å². The average molecular weight is 359 g/mol. The van der Waals surface area contributed by atoms with Gasteiger partial charge in [-0.15, -0.1) is 0 Å². The number of hydrogen-bond acceptors (Lipinski definition) is 6. The van der Waals surface area contributed by atoms with E-state index in [2.05, 4.69) is 0 Å². The Bertz CT molecular complexity index is 322. The predicted octanol–water partition coefficient (Wildman–Crippen LogP) is -0.0810. The maximum Gasteiger partial charge on any atom is 0.209 e. The second kappa shape index (κ2) is 7.57. The molecule has 0 aliphatic heterocycles. The van der Waals surface area contributed by atoms with Crippen molar-refractivity contribution < 1.29 is 29.4 Å². The Labute approximate surface area is 142 Å². The molecule has 0 aromatic rings. The van der Waals surface area contributed by atoms with E-state index >= 15 is 0 Å². The number of aliphatic hydroxyl groups excluding tert-OH is 2. The number of hydrogen-bond donors (Lipinski definition) is 4. The van der Waals surface area contributed by atoms with Gasteiger partial charge >= 0.3 is 0 Å². The van der Waals surface area contributed by atoms with Crippen LogP contribution in [-0.2, 0) is 0 Å². The highest BCUT2D eigenvalue weighted by atomic mass is 33.1. The Morgan fingerprint density at radius 3 is 1.05 bits per heavy atom. The molecule has 6 nitrogen and oxygen atoms in total. The highest BCUT2D eigenvalue weighted by molar-refractivity contribution is 8.76. The standard InChI is InChI=1S/C14H34N2O4S2/c1-13(11(17)18,15(3,4)5)9-21-22-10-14(2,12(19)20)16(6,7)8/h11-12,17-20H,9-10H2,1-8H3/q+2. The molecule has 0 spiro atoms. The van der Waals surface area contributed by atoms with Gasteiger partial charge in [0.05, 0.1) is 53.8 Å². The molecule has 0 aromatic heterocycles. The number of nitrogens with zero attached hydrogens (tertiary/aromatic N) is 2. The van der Waals surface area contributed by atoms with Gasteiger partial charge in [0.15, 0.2) is 11.1 Å². The first-order valence-electron chi connectivity index (χ1n) is 7.19. The first kappa shape index (κ1) is 22.5. The van der Waals surface area contributed by atoms with Crippen LogP contribution in [0.2, 0.25) is 0 Å². The van der Waals surface area contributed by atoms with Crippen molar-refractivity contribution in [3.63, 3.8) is 0 Å². The minimum atomic E-state index is -1.42. The molecule has 0 heterocycles. The lowest BCUT2D eigenvalue weighted by molar-refractivity contribution is -0.926. The van der Waals surface area contributed by atoms with E-state index in [9.17, 15) is 20.4 Å². The van der Waals surface area contributed by atoms with Crippen molar-refractivity contribution >= 4 is 21.6 Å². The Kier molecular flexibility index (Phi) is 7.72. The minimum Gasteiger partial charge on any atom is -0.363 e. The zero-order chi connectivity index (χ0) is 18.0. The minimum absolute atomic E-state index is 0.424. The molecule has 0 amide bonds. The van der Waals surface area contributed by atoms with Gasteiger partial charge in [0.1, 0.15) is 0 Å². The predicted molar refractivity (Wildman–Crippen MR) is 94.2 cm³/mol. The van der Waals surface area contributed by atoms with Gasteiger partial charge in [-0.3, -0.25) is 0 Å². The summed E-state index contributed by atoms with van der Waals surface area (Å²) in [5, 5.41) is 38.9. The second-order valence-corrected chi connectivity index (χ2v) is 10.5. The fraction of sp³-hybridized carbons (Fsp3) is 1.00. The van der Waals surface area contributed by atoms with Crippen LogP contribution in [0.15, 0.2) is 0 Å². The monoisotopic (exact) mass is 358 g/mol. The normalized spacial score (nSPS) is 19.4. The lowest BCUT2D eigenvalue weighted by Gasteiger charge is -2.45. The highest BCUT2D eigenvalue weighted by Crippen LogP contribution is 2.36. The van der Waals surface area contributed by atoms with E-state index in [4.69, 9.17) is 0 Å². The summed E-state index contributed by atoms with van der Waals surface area (Å²) in [6, 6.07) is 0. The zero-order valence-electron chi connectivity index (χ0n) is 15.1. The summed E-state index contributed by atoms with van der Waals surface area (Å²) in [6.07, 6.45) is -2.84. The SMILES string of the molecule is CC(CSSCC(C)(C(O)O)[N+](C)(C)C)(C(O)O)[N+](C)(C)C. The topological polar surface area (TPSA) is 80.9 Å². The van der Waals surface area contributed by atoms with Crippen molar-refractivity contribution in [2.24, 2.45) is 0 Å². The Hall–Kier alpha value is 0.460. The lowest BCUT2D eigenvalue weighted by Crippen LogP contribution is -2.64. The largest absolute Gasteiger partial charge is 0.363 e. The van der Waals surface area contributed by atoms with E-state index < -0.39 is 23.7 Å². The van der Waals surface area contributed by atoms with E-state index in [-0.39, 0.29) is 0 Å². The molecular weight excluding hydrogens is 324 g/mol. The summed E-state index contributed by atoms with van der Waals surface area (Å²) in [5.41, 5.74) is -1.41. The van der Waals surface area contributed by atoms with Gasteiger partial charge in [0, 0.05) is 0 Å². The van der Waals surface area contributed by atoms with Crippen LogP contribution < -0.4 is 0 Å². The highest BCUT2D eigenvalue weighted by Gasteiger charge is 2.47. The van der Waals surface area contributed by atoms with Crippen LogP contribution in [0.25, 0.3) is 0 Å². The Balaban J connectivity index is 4.78. The Morgan fingerprint density at radius 1 is 0.682 bits per heavy atom. The molecule has 0 aliphatic carbocycles. The summed E-state index contributed by atoms with van der Waals surface area (Å²) in [7, 11) is 14.6. The lowest BCUT2D eigenvalue weighted by atomic mass is 10.0. The van der Waals surface area contributed by atoms with Gasteiger partial charge in [0.25, 0.3) is 0 Å². The van der Waals surface area contributed by atoms with E-state index in [1.165, 1.54) is 21.6 Å². The zero-order valence-corrected chi connectivity index (χ0v) is 16.7. The van der Waals surface area contributed by atoms with Gasteiger partial charge in [-0.2, -0.15) is 0 Å². The van der Waals surface area contributed by atoms with Gasteiger partial charge < -0.3 is 29.4 Å². The van der Waals surface area contributed by atoms with Gasteiger partial charge in [0.2, 0.25) is 12.6 Å². The first-order chi connectivity index (χ1) is 9.59. The Morgan fingerprint density at radius 2 is 0.909 bits per heavy atom. The third-order valence-corrected chi connectivity index (χ3v) is 7.74. The smallest absolute Gasteiger partial charge is 0.209 e. The van der Waals surface area contributed by atoms with Crippen LogP contribution in [0.4, 0.5) is 0 Å². The molecule has 2 atom stereocenters. The van der Waals surface area contributed by atoms with Gasteiger partial charge in [-0.25, -0.2) is 0 Å². The van der Waals surface area contributed by atoms with E-state index in [0.717, 1.165) is 0 Å². The molecule has 0 saturated heterocycles. The average Bonchev–Trinajstić information content (AvgIpc) is 2.30. The van der Waals surface area contributed by atoms with Crippen molar-refractivity contribution in [3.8, 4) is 0 Å². The summed E-state index contributed by atoms with van der Waals surface area (Å²) in [5.74, 6) is 1.07. The van der Waals surface area contributed by atoms with E-state index in [1.807, 2.05) is 56.1 Å². The van der Waals surface area contributed by atoms with Crippen LogP contribution in [-0.4, -0.2) is 107 Å². The van der Waals surface area contributed by atoms with Crippen LogP contribution in [0.5, 0.6) is 0 Å². The quantitative estimate of drug-likeness (QED) is 0.200. The molecule has 2 unspecified atom stereocenters. The molecular formula is C14H34N2O4S2+2. The number of aliphatic hydroxyl groups is 4. The molecule has 0 rings (SSSR count). The number of rotatable bonds is 9. The van der Waals surface area contributed by atoms with E-state index in [0.29, 0.717) is 20.5 Å². The van der Waals surface area contributed by atoms with Crippen LogP contribution in [0.3, 0.4) is 0 Å². The van der Waals surface area contributed by atoms with Crippen molar-refractivity contribution in [1.82, 2.24) is 0 Å². The fourth-order valence-electron chi connectivity index (χ4n) is 1.55. The van der Waals surface area contributed by atoms with Crippen LogP contribution >= 0.6 is 21.6 Å². The van der Waals surface area contributed by atoms with Gasteiger partial charge in [-0.1, -0.05) is 21.6 Å². The van der Waals surface area contributed by atoms with Crippen molar-refractivity contribution in [2.45, 2.75) is 37.5 Å². The second-order valence-electron chi connectivity index (χ2n) is 8.01. The molecule has 0 radical (unpaired) electrons. The summed E-state index contributed by atoms with van der Waals surface area (Å²) >= 11 is 0. The molecule has 4 N–H and O–H groups in total. The fourth-order valence-corrected chi connectivity index (χ4v) is 5.20. The molecule has 0 saturated carbocycles. The van der Waals surface area contributed by atoms with Crippen LogP contribution in [0, 0.1) is 0 Å². The van der Waals surface area contributed by atoms with Crippen molar-refractivity contribution in [3.05, 3.63) is 0 Å². The summed E-state index contributed by atoms with van der Waals surface area (Å²) < 4.78 is 0.848. The number of likely N-dealkylation sites (N-methyl/N-ethyl adjacent to an activating group) is 2. The molecule has 8 heteroatoms. The molecule has 0 aromatic carbocycles. The maximum atomic E-state index is 9.72. The van der Waals surface area contributed by atoms with Gasteiger partial charge in [-0.05, 0) is 13.8 Å². The third-order valence-electron chi connectivity index (χ3n) is 4.96. The summed E-state index contributed by atoms with van der Waals surface area (Å²) in [4.78, 5) is 0. The molecule has 22 heavy (non-hydrogen) atoms. The molecule has 0 bridgehead atoms. The molecule has 0 aliphatic rings. The molecule has 134 valence electrons. The third kappa shape index (κ3) is 4.98. The maximum absolute atomic E-state index is 9.72. The van der Waals surface area contributed by atoms with Crippen molar-refractivity contribution in [1.29, 1.82) is 0 Å². The summed E-state index contributed by atoms with van der Waals surface area (Å²) in [6.45, 7) is 3.68. The van der Waals surface area contributed by atoms with Crippen molar-refractivity contribution in [2.75, 3.05) is 53.8 Å². The molecule has 0 fully saturated rings. The van der Waals surface area contributed by atoms with Crippen LogP contribution in [0.1, 0.15) is 13.8 Å².